The van der Waals surface area contributed by atoms with Crippen LogP contribution in [0, 0.1) is 5.92 Å². The Morgan fingerprint density at radius 3 is 2.35 bits per heavy atom. The normalized spacial score (nSPS) is 10.4. The van der Waals surface area contributed by atoms with E-state index in [1.165, 1.54) is 0 Å². The highest BCUT2D eigenvalue weighted by Crippen LogP contribution is 2.21. The van der Waals surface area contributed by atoms with Gasteiger partial charge in [0.25, 0.3) is 11.8 Å². The quantitative estimate of drug-likeness (QED) is 0.839. The van der Waals surface area contributed by atoms with Gasteiger partial charge in [-0.2, -0.15) is 0 Å². The Morgan fingerprint density at radius 1 is 1.04 bits per heavy atom. The fourth-order valence-corrected chi connectivity index (χ4v) is 2.21. The second-order valence-corrected chi connectivity index (χ2v) is 6.30. The van der Waals surface area contributed by atoms with Crippen LogP contribution in [0.25, 0.3) is 0 Å². The number of anilines is 1. The van der Waals surface area contributed by atoms with E-state index in [2.05, 4.69) is 31.5 Å². The Labute approximate surface area is 143 Å². The molecular weight excluding hydrogens is 358 g/mol. The molecule has 2 rings (SSSR count). The van der Waals surface area contributed by atoms with Crippen LogP contribution in [-0.2, 0) is 0 Å². The third kappa shape index (κ3) is 4.89. The van der Waals surface area contributed by atoms with Crippen LogP contribution in [0.3, 0.4) is 0 Å². The lowest BCUT2D eigenvalue weighted by molar-refractivity contribution is 0.0944. The van der Waals surface area contributed by atoms with Crippen molar-refractivity contribution in [3.63, 3.8) is 0 Å². The van der Waals surface area contributed by atoms with Crippen molar-refractivity contribution in [3.8, 4) is 0 Å². The van der Waals surface area contributed by atoms with Gasteiger partial charge in [-0.3, -0.25) is 9.59 Å². The van der Waals surface area contributed by atoms with Gasteiger partial charge in [0.1, 0.15) is 11.4 Å². The Morgan fingerprint density at radius 2 is 1.70 bits per heavy atom. The van der Waals surface area contributed by atoms with Crippen LogP contribution in [0.2, 0.25) is 0 Å². The number of para-hydroxylation sites is 1. The smallest absolute Gasteiger partial charge is 0.274 e. The monoisotopic (exact) mass is 375 g/mol. The topological polar surface area (TPSA) is 71.1 Å². The molecular formula is C17H18BrN3O2. The second-order valence-electron chi connectivity index (χ2n) is 5.45. The van der Waals surface area contributed by atoms with Crippen molar-refractivity contribution in [2.45, 2.75) is 13.8 Å². The van der Waals surface area contributed by atoms with E-state index in [4.69, 9.17) is 0 Å². The molecule has 1 heterocycles. The highest BCUT2D eigenvalue weighted by Gasteiger charge is 2.13. The standard InChI is InChI=1S/C17H18BrN3O2/c1-11(2)10-19-16(22)14-8-5-9-15(20-14)17(23)21-13-7-4-3-6-12(13)18/h3-9,11H,10H2,1-2H3,(H,19,22)(H,21,23). The lowest BCUT2D eigenvalue weighted by Gasteiger charge is -2.09. The molecule has 0 bridgehead atoms. The predicted octanol–water partition coefficient (Wildman–Crippen LogP) is 3.48. The molecule has 0 saturated heterocycles. The molecule has 120 valence electrons. The third-order valence-electron chi connectivity index (χ3n) is 3.01. The number of nitrogens with one attached hydrogen (secondary N) is 2. The second kappa shape index (κ2) is 7.87. The van der Waals surface area contributed by atoms with Gasteiger partial charge in [0, 0.05) is 11.0 Å². The molecule has 2 N–H and O–H groups in total. The van der Waals surface area contributed by atoms with Gasteiger partial charge in [-0.25, -0.2) is 4.98 Å². The summed E-state index contributed by atoms with van der Waals surface area (Å²) in [5.74, 6) is -0.300. The molecule has 2 aromatic rings. The van der Waals surface area contributed by atoms with Crippen molar-refractivity contribution in [2.75, 3.05) is 11.9 Å². The van der Waals surface area contributed by atoms with Crippen LogP contribution in [0.5, 0.6) is 0 Å². The lowest BCUT2D eigenvalue weighted by atomic mass is 10.2. The number of benzene rings is 1. The Kier molecular flexibility index (Phi) is 5.87. The minimum atomic E-state index is -0.365. The Bertz CT molecular complexity index is 716. The van der Waals surface area contributed by atoms with Gasteiger partial charge >= 0.3 is 0 Å². The molecule has 0 atom stereocenters. The molecule has 0 radical (unpaired) electrons. The molecule has 5 nitrogen and oxygen atoms in total. The maximum atomic E-state index is 12.3. The van der Waals surface area contributed by atoms with Crippen molar-refractivity contribution in [1.29, 1.82) is 0 Å². The fourth-order valence-electron chi connectivity index (χ4n) is 1.82. The molecule has 0 aliphatic rings. The summed E-state index contributed by atoms with van der Waals surface area (Å²) in [6.45, 7) is 4.58. The molecule has 0 fully saturated rings. The number of rotatable bonds is 5. The first-order valence-electron chi connectivity index (χ1n) is 7.28. The molecule has 6 heteroatoms. The summed E-state index contributed by atoms with van der Waals surface area (Å²) in [7, 11) is 0. The molecule has 0 unspecified atom stereocenters. The van der Waals surface area contributed by atoms with Gasteiger partial charge in [0.2, 0.25) is 0 Å². The van der Waals surface area contributed by atoms with Crippen LogP contribution in [0.1, 0.15) is 34.8 Å². The Hall–Kier alpha value is -2.21. The van der Waals surface area contributed by atoms with Crippen molar-refractivity contribution in [1.82, 2.24) is 10.3 Å². The van der Waals surface area contributed by atoms with E-state index in [-0.39, 0.29) is 23.2 Å². The van der Waals surface area contributed by atoms with Gasteiger partial charge in [0.15, 0.2) is 0 Å². The lowest BCUT2D eigenvalue weighted by Crippen LogP contribution is -2.28. The molecule has 0 aliphatic heterocycles. The van der Waals surface area contributed by atoms with E-state index in [1.54, 1.807) is 24.3 Å². The van der Waals surface area contributed by atoms with Gasteiger partial charge in [0.05, 0.1) is 5.69 Å². The molecule has 0 saturated carbocycles. The number of pyridine rings is 1. The van der Waals surface area contributed by atoms with Crippen molar-refractivity contribution < 1.29 is 9.59 Å². The Balaban J connectivity index is 2.11. The van der Waals surface area contributed by atoms with E-state index in [0.717, 1.165) is 4.47 Å². The maximum absolute atomic E-state index is 12.3. The summed E-state index contributed by atoms with van der Waals surface area (Å²) in [5.41, 5.74) is 1.07. The largest absolute Gasteiger partial charge is 0.350 e. The fraction of sp³-hybridized carbons (Fsp3) is 0.235. The zero-order valence-electron chi connectivity index (χ0n) is 13.0. The van der Waals surface area contributed by atoms with Crippen LogP contribution >= 0.6 is 15.9 Å². The van der Waals surface area contributed by atoms with Crippen LogP contribution in [0.15, 0.2) is 46.9 Å². The number of aromatic nitrogens is 1. The zero-order chi connectivity index (χ0) is 16.8. The molecule has 1 aromatic carbocycles. The average Bonchev–Trinajstić information content (AvgIpc) is 2.54. The first kappa shape index (κ1) is 17.1. The minimum Gasteiger partial charge on any atom is -0.350 e. The van der Waals surface area contributed by atoms with Crippen molar-refractivity contribution in [2.24, 2.45) is 5.92 Å². The van der Waals surface area contributed by atoms with E-state index in [0.29, 0.717) is 18.2 Å². The van der Waals surface area contributed by atoms with Gasteiger partial charge in [-0.05, 0) is 46.1 Å². The number of halogens is 1. The molecule has 0 spiro atoms. The minimum absolute atomic E-state index is 0.193. The van der Waals surface area contributed by atoms with Crippen molar-refractivity contribution in [3.05, 3.63) is 58.3 Å². The number of carbonyl (C=O) groups is 2. The van der Waals surface area contributed by atoms with E-state index in [1.807, 2.05) is 32.0 Å². The number of hydrogen-bond donors (Lipinski definition) is 2. The molecule has 0 aliphatic carbocycles. The van der Waals surface area contributed by atoms with Crippen molar-refractivity contribution >= 4 is 33.4 Å². The molecule has 23 heavy (non-hydrogen) atoms. The predicted molar refractivity (Wildman–Crippen MR) is 93.5 cm³/mol. The summed E-state index contributed by atoms with van der Waals surface area (Å²) in [4.78, 5) is 28.4. The first-order valence-corrected chi connectivity index (χ1v) is 8.08. The SMILES string of the molecule is CC(C)CNC(=O)c1cccc(C(=O)Nc2ccccc2Br)n1. The molecule has 2 amide bonds. The first-order chi connectivity index (χ1) is 11.0. The van der Waals surface area contributed by atoms with Gasteiger partial charge in [-0.15, -0.1) is 0 Å². The summed E-state index contributed by atoms with van der Waals surface area (Å²) >= 11 is 3.37. The summed E-state index contributed by atoms with van der Waals surface area (Å²) in [5, 5.41) is 5.55. The van der Waals surface area contributed by atoms with Crippen LogP contribution < -0.4 is 10.6 Å². The number of amides is 2. The van der Waals surface area contributed by atoms with Gasteiger partial charge in [-0.1, -0.05) is 32.0 Å². The van der Waals surface area contributed by atoms with Gasteiger partial charge < -0.3 is 10.6 Å². The summed E-state index contributed by atoms with van der Waals surface area (Å²) in [6.07, 6.45) is 0. The number of nitrogens with zero attached hydrogens (tertiary/aromatic N) is 1. The third-order valence-corrected chi connectivity index (χ3v) is 3.70. The van der Waals surface area contributed by atoms with E-state index >= 15 is 0 Å². The van der Waals surface area contributed by atoms with E-state index < -0.39 is 0 Å². The number of carbonyl (C=O) groups excluding carboxylic acids is 2. The van der Waals surface area contributed by atoms with E-state index in [9.17, 15) is 9.59 Å². The highest BCUT2D eigenvalue weighted by molar-refractivity contribution is 9.10. The average molecular weight is 376 g/mol. The summed E-state index contributed by atoms with van der Waals surface area (Å²) < 4.78 is 0.777. The van der Waals surface area contributed by atoms with Crippen LogP contribution in [0.4, 0.5) is 5.69 Å². The molecule has 1 aromatic heterocycles. The zero-order valence-corrected chi connectivity index (χ0v) is 14.6. The summed E-state index contributed by atoms with van der Waals surface area (Å²) in [6, 6.07) is 12.1. The highest BCUT2D eigenvalue weighted by atomic mass is 79.9. The van der Waals surface area contributed by atoms with Crippen LogP contribution in [-0.4, -0.2) is 23.3 Å². The maximum Gasteiger partial charge on any atom is 0.274 e. The number of hydrogen-bond acceptors (Lipinski definition) is 3.